The van der Waals surface area contributed by atoms with E-state index in [1.54, 1.807) is 12.1 Å². The summed E-state index contributed by atoms with van der Waals surface area (Å²) in [6, 6.07) is 18.2. The van der Waals surface area contributed by atoms with Crippen LogP contribution in [0.1, 0.15) is 21.6 Å². The van der Waals surface area contributed by atoms with Crippen molar-refractivity contribution in [3.8, 4) is 17.0 Å². The van der Waals surface area contributed by atoms with Gasteiger partial charge in [0.25, 0.3) is 0 Å². The first-order valence-electron chi connectivity index (χ1n) is 8.94. The van der Waals surface area contributed by atoms with Crippen molar-refractivity contribution in [2.45, 2.75) is 6.42 Å². The summed E-state index contributed by atoms with van der Waals surface area (Å²) < 4.78 is 4.66. The number of hydrogen-bond acceptors (Lipinski definition) is 7. The molecule has 7 heteroatoms. The van der Waals surface area contributed by atoms with E-state index in [4.69, 9.17) is 10.7 Å². The van der Waals surface area contributed by atoms with Crippen LogP contribution in [0.4, 0.5) is 5.95 Å². The molecule has 3 N–H and O–H groups in total. The van der Waals surface area contributed by atoms with Crippen LogP contribution in [0.3, 0.4) is 0 Å². The first-order chi connectivity index (χ1) is 14.0. The van der Waals surface area contributed by atoms with Crippen molar-refractivity contribution >= 4 is 23.0 Å². The lowest BCUT2D eigenvalue weighted by Crippen LogP contribution is -2.04. The molecular weight excluding hydrogens is 368 g/mol. The Morgan fingerprint density at radius 2 is 1.83 bits per heavy atom. The predicted molar refractivity (Wildman–Crippen MR) is 109 cm³/mol. The van der Waals surface area contributed by atoms with Crippen LogP contribution in [0.2, 0.25) is 0 Å². The molecule has 0 saturated carbocycles. The maximum absolute atomic E-state index is 11.7. The Hall–Kier alpha value is -4.00. The van der Waals surface area contributed by atoms with Crippen LogP contribution in [-0.4, -0.2) is 33.1 Å². The van der Waals surface area contributed by atoms with Crippen LogP contribution in [0.25, 0.3) is 22.3 Å². The van der Waals surface area contributed by atoms with Gasteiger partial charge in [0.2, 0.25) is 5.95 Å². The van der Waals surface area contributed by atoms with Crippen LogP contribution in [0.5, 0.6) is 5.75 Å². The third-order valence-corrected chi connectivity index (χ3v) is 4.55. The second-order valence-corrected chi connectivity index (χ2v) is 6.48. The quantitative estimate of drug-likeness (QED) is 0.517. The average molecular weight is 386 g/mol. The number of benzene rings is 2. The van der Waals surface area contributed by atoms with Gasteiger partial charge in [-0.3, -0.25) is 0 Å². The monoisotopic (exact) mass is 386 g/mol. The van der Waals surface area contributed by atoms with E-state index in [9.17, 15) is 9.90 Å². The molecule has 0 bridgehead atoms. The summed E-state index contributed by atoms with van der Waals surface area (Å²) in [4.78, 5) is 25.1. The van der Waals surface area contributed by atoms with Gasteiger partial charge in [-0.25, -0.2) is 19.7 Å². The van der Waals surface area contributed by atoms with E-state index in [1.807, 2.05) is 36.4 Å². The minimum absolute atomic E-state index is 0.0953. The van der Waals surface area contributed by atoms with E-state index < -0.39 is 5.97 Å². The number of rotatable bonds is 4. The van der Waals surface area contributed by atoms with Gasteiger partial charge in [0.05, 0.1) is 24.0 Å². The summed E-state index contributed by atoms with van der Waals surface area (Å²) in [5.41, 5.74) is 10.3. The van der Waals surface area contributed by atoms with Crippen molar-refractivity contribution in [1.29, 1.82) is 0 Å². The molecule has 2 aromatic heterocycles. The summed E-state index contributed by atoms with van der Waals surface area (Å²) in [7, 11) is 1.26. The molecule has 144 valence electrons. The van der Waals surface area contributed by atoms with Gasteiger partial charge in [0.1, 0.15) is 16.8 Å². The Morgan fingerprint density at radius 1 is 1.03 bits per heavy atom. The van der Waals surface area contributed by atoms with Crippen LogP contribution >= 0.6 is 0 Å². The van der Waals surface area contributed by atoms with Crippen molar-refractivity contribution in [3.05, 3.63) is 77.5 Å². The normalized spacial score (nSPS) is 10.8. The highest BCUT2D eigenvalue weighted by Gasteiger charge is 2.14. The molecule has 29 heavy (non-hydrogen) atoms. The topological polar surface area (TPSA) is 111 Å². The lowest BCUT2D eigenvalue weighted by molar-refractivity contribution is 0.0597. The molecule has 7 nitrogen and oxygen atoms in total. The van der Waals surface area contributed by atoms with Gasteiger partial charge in [0.15, 0.2) is 0 Å². The highest BCUT2D eigenvalue weighted by atomic mass is 16.5. The van der Waals surface area contributed by atoms with Gasteiger partial charge in [-0.05, 0) is 29.8 Å². The maximum Gasteiger partial charge on any atom is 0.341 e. The summed E-state index contributed by atoms with van der Waals surface area (Å²) in [5.74, 6) is -0.582. The molecule has 4 rings (SSSR count). The van der Waals surface area contributed by atoms with Crippen LogP contribution in [-0.2, 0) is 11.2 Å². The van der Waals surface area contributed by atoms with Crippen LogP contribution < -0.4 is 5.73 Å². The zero-order valence-corrected chi connectivity index (χ0v) is 15.7. The van der Waals surface area contributed by atoms with Gasteiger partial charge in [-0.15, -0.1) is 0 Å². The summed E-state index contributed by atoms with van der Waals surface area (Å²) >= 11 is 0. The summed E-state index contributed by atoms with van der Waals surface area (Å²) in [6.07, 6.45) is 0.563. The lowest BCUT2D eigenvalue weighted by Gasteiger charge is -2.09. The largest absolute Gasteiger partial charge is 0.507 e. The van der Waals surface area contributed by atoms with E-state index in [1.165, 1.54) is 19.2 Å². The van der Waals surface area contributed by atoms with Crippen molar-refractivity contribution in [2.24, 2.45) is 0 Å². The highest BCUT2D eigenvalue weighted by Crippen LogP contribution is 2.28. The summed E-state index contributed by atoms with van der Waals surface area (Å²) in [5, 5.41) is 10.2. The molecule has 2 aromatic carbocycles. The number of nitrogens with two attached hydrogens (primary N) is 1. The number of phenols is 1. The van der Waals surface area contributed by atoms with E-state index in [-0.39, 0.29) is 17.3 Å². The van der Waals surface area contributed by atoms with Crippen molar-refractivity contribution < 1.29 is 14.6 Å². The number of hydrogen-bond donors (Lipinski definition) is 2. The number of pyridine rings is 1. The van der Waals surface area contributed by atoms with Crippen molar-refractivity contribution in [3.63, 3.8) is 0 Å². The van der Waals surface area contributed by atoms with Gasteiger partial charge >= 0.3 is 5.97 Å². The molecule has 0 fully saturated rings. The number of aromatic nitrogens is 3. The second kappa shape index (κ2) is 7.55. The maximum atomic E-state index is 11.7. The molecule has 0 aliphatic heterocycles. The number of aromatic hydroxyl groups is 1. The third-order valence-electron chi connectivity index (χ3n) is 4.55. The molecule has 0 saturated heterocycles. The zero-order valence-electron chi connectivity index (χ0n) is 15.7. The number of nitrogen functional groups attached to an aromatic ring is 1. The van der Waals surface area contributed by atoms with Crippen LogP contribution in [0, 0.1) is 0 Å². The lowest BCUT2D eigenvalue weighted by atomic mass is 10.1. The van der Waals surface area contributed by atoms with E-state index in [2.05, 4.69) is 14.7 Å². The van der Waals surface area contributed by atoms with Gasteiger partial charge in [-0.1, -0.05) is 36.4 Å². The number of anilines is 1. The molecule has 0 radical (unpaired) electrons. The molecular formula is C22H18N4O3. The Balaban J connectivity index is 1.79. The number of carbonyl (C=O) groups excluding carboxylic acids is 1. The minimum Gasteiger partial charge on any atom is -0.507 e. The van der Waals surface area contributed by atoms with E-state index in [0.717, 1.165) is 11.3 Å². The fourth-order valence-electron chi connectivity index (χ4n) is 3.14. The fourth-order valence-corrected chi connectivity index (χ4v) is 3.14. The van der Waals surface area contributed by atoms with E-state index >= 15 is 0 Å². The molecule has 0 atom stereocenters. The molecule has 4 aromatic rings. The second-order valence-electron chi connectivity index (χ2n) is 6.48. The molecule has 0 unspecified atom stereocenters. The standard InChI is InChI=1S/C22H18N4O3/c1-29-21(28)15-8-7-14(12-19(15)27)16-9-10-17-20(24-16)18(26-22(23)25-17)11-13-5-3-2-4-6-13/h2-10,12,27H,11H2,1H3,(H2,23,25,26). The van der Waals surface area contributed by atoms with Gasteiger partial charge in [0, 0.05) is 12.0 Å². The first-order valence-corrected chi connectivity index (χ1v) is 8.94. The minimum atomic E-state index is -0.602. The predicted octanol–water partition coefficient (Wildman–Crippen LogP) is 3.36. The SMILES string of the molecule is COC(=O)c1ccc(-c2ccc3nc(N)nc(Cc4ccccc4)c3n2)cc1O. The number of esters is 1. The average Bonchev–Trinajstić information content (AvgIpc) is 2.73. The number of carbonyl (C=O) groups is 1. The first kappa shape index (κ1) is 18.4. The Bertz CT molecular complexity index is 1210. The molecule has 0 aliphatic carbocycles. The zero-order chi connectivity index (χ0) is 20.4. The number of phenolic OH excluding ortho intramolecular Hbond substituents is 1. The number of fused-ring (bicyclic) bond motifs is 1. The Morgan fingerprint density at radius 3 is 2.55 bits per heavy atom. The van der Waals surface area contributed by atoms with Crippen molar-refractivity contribution in [2.75, 3.05) is 12.8 Å². The van der Waals surface area contributed by atoms with Gasteiger partial charge < -0.3 is 15.6 Å². The highest BCUT2D eigenvalue weighted by molar-refractivity contribution is 5.93. The molecule has 0 amide bonds. The number of nitrogens with zero attached hydrogens (tertiary/aromatic N) is 3. The number of ether oxygens (including phenoxy) is 1. The molecule has 0 spiro atoms. The Kier molecular flexibility index (Phi) is 4.78. The molecule has 0 aliphatic rings. The summed E-state index contributed by atoms with van der Waals surface area (Å²) in [6.45, 7) is 0. The third kappa shape index (κ3) is 3.70. The number of methoxy groups -OCH3 is 1. The smallest absolute Gasteiger partial charge is 0.341 e. The van der Waals surface area contributed by atoms with E-state index in [0.29, 0.717) is 28.7 Å². The van der Waals surface area contributed by atoms with Gasteiger partial charge in [-0.2, -0.15) is 0 Å². The molecule has 2 heterocycles. The van der Waals surface area contributed by atoms with Crippen LogP contribution in [0.15, 0.2) is 60.7 Å². The fraction of sp³-hybridized carbons (Fsp3) is 0.0909. The Labute approximate surface area is 166 Å². The van der Waals surface area contributed by atoms with Crippen molar-refractivity contribution in [1.82, 2.24) is 15.0 Å².